The number of amides is 1. The Morgan fingerprint density at radius 2 is 1.05 bits per heavy atom. The molecular weight excluding hydrogens is 806 g/mol. The van der Waals surface area contributed by atoms with Crippen molar-refractivity contribution < 1.29 is 89.4 Å². The van der Waals surface area contributed by atoms with Crippen molar-refractivity contribution in [2.75, 3.05) is 26.4 Å². The Kier molecular flexibility index (Phi) is 25.1. The van der Waals surface area contributed by atoms with Gasteiger partial charge in [0.25, 0.3) is 0 Å². The van der Waals surface area contributed by atoms with Gasteiger partial charge in [-0.15, -0.1) is 0 Å². The Morgan fingerprint density at radius 1 is 0.574 bits per heavy atom. The van der Waals surface area contributed by atoms with Crippen LogP contribution in [0.4, 0.5) is 0 Å². The molecule has 0 spiro atoms. The summed E-state index contributed by atoms with van der Waals surface area (Å²) in [6.07, 6.45) is -4.66. The van der Waals surface area contributed by atoms with Crippen LogP contribution in [-0.2, 0) is 33.2 Å². The van der Waals surface area contributed by atoms with Gasteiger partial charge in [0.15, 0.2) is 18.9 Å². The normalized spacial score (nSPS) is 35.9. The van der Waals surface area contributed by atoms with Crippen molar-refractivity contribution in [1.29, 1.82) is 0 Å². The summed E-state index contributed by atoms with van der Waals surface area (Å²) < 4.78 is 33.8. The van der Waals surface area contributed by atoms with E-state index in [-0.39, 0.29) is 18.9 Å². The molecule has 17 unspecified atom stereocenters. The van der Waals surface area contributed by atoms with Crippen molar-refractivity contribution in [2.45, 2.75) is 195 Å². The molecule has 3 aliphatic rings. The van der Waals surface area contributed by atoms with Crippen LogP contribution in [0.3, 0.4) is 0 Å². The summed E-state index contributed by atoms with van der Waals surface area (Å²) >= 11 is 0. The lowest BCUT2D eigenvalue weighted by molar-refractivity contribution is -0.379. The average Bonchev–Trinajstić information content (AvgIpc) is 3.25. The standard InChI is InChI=1S/C42H73NO18/c1-3-5-7-9-10-11-12-13-14-16-17-19-26(47)25(43-30(48)20-18-15-8-6-4-2)24-56-40-36(54)33(51)38(28(22-45)58-40)61-42-37(55)34(52)39(29(23-46)59-42)60-41-35(53)32(50)31(49)27(21-44)57-41/h7,9,12-13,17,19,25-29,31-42,44-47,49-55H,3-6,8,10-11,14-16,18,20-24H2,1-2H3,(H,43,48)/b9-7+,13-12+,19-17+. The van der Waals surface area contributed by atoms with Crippen molar-refractivity contribution in [3.63, 3.8) is 0 Å². The average molecular weight is 880 g/mol. The maximum absolute atomic E-state index is 12.9. The van der Waals surface area contributed by atoms with Gasteiger partial charge in [-0.3, -0.25) is 4.79 Å². The predicted octanol–water partition coefficient (Wildman–Crippen LogP) is -1.31. The highest BCUT2D eigenvalue weighted by Gasteiger charge is 2.53. The van der Waals surface area contributed by atoms with Crippen LogP contribution < -0.4 is 5.32 Å². The van der Waals surface area contributed by atoms with Crippen LogP contribution >= 0.6 is 0 Å². The molecule has 0 aliphatic carbocycles. The van der Waals surface area contributed by atoms with Gasteiger partial charge in [-0.25, -0.2) is 0 Å². The van der Waals surface area contributed by atoms with Gasteiger partial charge in [-0.2, -0.15) is 0 Å². The van der Waals surface area contributed by atoms with Crippen LogP contribution in [0.2, 0.25) is 0 Å². The van der Waals surface area contributed by atoms with E-state index in [1.807, 2.05) is 0 Å². The minimum Gasteiger partial charge on any atom is -0.394 e. The Morgan fingerprint density at radius 3 is 1.59 bits per heavy atom. The molecule has 0 saturated carbocycles. The molecule has 0 aromatic carbocycles. The number of ether oxygens (including phenoxy) is 6. The smallest absolute Gasteiger partial charge is 0.220 e. The molecule has 3 aliphatic heterocycles. The number of nitrogens with one attached hydrogen (secondary N) is 1. The van der Waals surface area contributed by atoms with Gasteiger partial charge >= 0.3 is 0 Å². The monoisotopic (exact) mass is 879 g/mol. The minimum absolute atomic E-state index is 0.226. The second kappa shape index (κ2) is 28.7. The number of aliphatic hydroxyl groups is 11. The van der Waals surface area contributed by atoms with Crippen LogP contribution in [0.25, 0.3) is 0 Å². The Labute approximate surface area is 358 Å². The maximum Gasteiger partial charge on any atom is 0.220 e. The van der Waals surface area contributed by atoms with Crippen molar-refractivity contribution >= 4 is 5.91 Å². The van der Waals surface area contributed by atoms with Crippen LogP contribution in [0.1, 0.15) is 90.9 Å². The zero-order valence-corrected chi connectivity index (χ0v) is 35.4. The molecule has 354 valence electrons. The van der Waals surface area contributed by atoms with Crippen molar-refractivity contribution in [3.8, 4) is 0 Å². The van der Waals surface area contributed by atoms with Gasteiger partial charge in [0.2, 0.25) is 5.91 Å². The third kappa shape index (κ3) is 16.5. The van der Waals surface area contributed by atoms with Crippen molar-refractivity contribution in [1.82, 2.24) is 5.32 Å². The quantitative estimate of drug-likeness (QED) is 0.0337. The topological polar surface area (TPSA) is 307 Å². The SMILES string of the molecule is CCC/C=C/CC/C=C/CC/C=C/C(O)C(COC1OC(CO)C(OC2OC(CO)C(OC3OC(CO)C(O)C(O)C3O)C(O)C2O)C(O)C1O)NC(=O)CCCCCCC. The highest BCUT2D eigenvalue weighted by atomic mass is 16.8. The number of aliphatic hydroxyl groups excluding tert-OH is 11. The van der Waals surface area contributed by atoms with Crippen LogP contribution in [0.5, 0.6) is 0 Å². The number of carbonyl (C=O) groups is 1. The summed E-state index contributed by atoms with van der Waals surface area (Å²) in [5.74, 6) is -0.310. The van der Waals surface area contributed by atoms with Gasteiger partial charge in [0.05, 0.1) is 38.6 Å². The summed E-state index contributed by atoms with van der Waals surface area (Å²) in [6, 6.07) is -0.986. The van der Waals surface area contributed by atoms with Gasteiger partial charge in [-0.1, -0.05) is 82.4 Å². The Balaban J connectivity index is 1.63. The van der Waals surface area contributed by atoms with Crippen LogP contribution in [-0.4, -0.2) is 193 Å². The lowest BCUT2D eigenvalue weighted by Crippen LogP contribution is -2.66. The van der Waals surface area contributed by atoms with E-state index in [0.717, 1.165) is 57.8 Å². The molecule has 3 fully saturated rings. The van der Waals surface area contributed by atoms with Gasteiger partial charge in [0.1, 0.15) is 73.2 Å². The predicted molar refractivity (Wildman–Crippen MR) is 217 cm³/mol. The number of allylic oxidation sites excluding steroid dienone is 5. The number of rotatable bonds is 27. The van der Waals surface area contributed by atoms with E-state index < -0.39 is 124 Å². The summed E-state index contributed by atoms with van der Waals surface area (Å²) in [7, 11) is 0. The summed E-state index contributed by atoms with van der Waals surface area (Å²) in [5, 5.41) is 119. The first kappa shape index (κ1) is 53.3. The highest BCUT2D eigenvalue weighted by Crippen LogP contribution is 2.32. The minimum atomic E-state index is -1.98. The summed E-state index contributed by atoms with van der Waals surface area (Å²) in [6.45, 7) is 1.43. The molecule has 3 saturated heterocycles. The fourth-order valence-electron chi connectivity index (χ4n) is 7.17. The zero-order valence-electron chi connectivity index (χ0n) is 35.4. The molecular formula is C42H73NO18. The molecule has 0 aromatic heterocycles. The van der Waals surface area contributed by atoms with E-state index in [1.165, 1.54) is 0 Å². The largest absolute Gasteiger partial charge is 0.394 e. The number of hydrogen-bond acceptors (Lipinski definition) is 18. The molecule has 19 nitrogen and oxygen atoms in total. The third-order valence-electron chi connectivity index (χ3n) is 10.9. The van der Waals surface area contributed by atoms with Crippen molar-refractivity contribution in [3.05, 3.63) is 36.5 Å². The first-order chi connectivity index (χ1) is 29.3. The van der Waals surface area contributed by atoms with E-state index in [4.69, 9.17) is 28.4 Å². The second-order valence-electron chi connectivity index (χ2n) is 15.8. The molecule has 3 heterocycles. The number of carbonyl (C=O) groups excluding carboxylic acids is 1. The van der Waals surface area contributed by atoms with E-state index in [9.17, 15) is 61.0 Å². The molecule has 3 rings (SSSR count). The van der Waals surface area contributed by atoms with Crippen LogP contribution in [0.15, 0.2) is 36.5 Å². The molecule has 17 atom stereocenters. The van der Waals surface area contributed by atoms with Crippen LogP contribution in [0, 0.1) is 0 Å². The molecule has 12 N–H and O–H groups in total. The second-order valence-corrected chi connectivity index (χ2v) is 15.8. The molecule has 19 heteroatoms. The lowest BCUT2D eigenvalue weighted by Gasteiger charge is -2.48. The molecule has 0 bridgehead atoms. The Hall–Kier alpha value is -1.99. The Bertz CT molecular complexity index is 1290. The fourth-order valence-corrected chi connectivity index (χ4v) is 7.17. The zero-order chi connectivity index (χ0) is 44.9. The summed E-state index contributed by atoms with van der Waals surface area (Å²) in [5.41, 5.74) is 0. The van der Waals surface area contributed by atoms with E-state index in [2.05, 4.69) is 43.5 Å². The summed E-state index contributed by atoms with van der Waals surface area (Å²) in [4.78, 5) is 12.9. The fraction of sp³-hybridized carbons (Fsp3) is 0.833. The lowest BCUT2D eigenvalue weighted by atomic mass is 9.96. The van der Waals surface area contributed by atoms with E-state index in [1.54, 1.807) is 12.2 Å². The molecule has 0 aromatic rings. The molecule has 1 amide bonds. The molecule has 0 radical (unpaired) electrons. The number of unbranched alkanes of at least 4 members (excludes halogenated alkanes) is 7. The molecule has 61 heavy (non-hydrogen) atoms. The maximum atomic E-state index is 12.9. The van der Waals surface area contributed by atoms with Gasteiger partial charge < -0.3 is 89.9 Å². The van der Waals surface area contributed by atoms with E-state index >= 15 is 0 Å². The van der Waals surface area contributed by atoms with E-state index in [0.29, 0.717) is 12.8 Å². The first-order valence-corrected chi connectivity index (χ1v) is 21.7. The highest BCUT2D eigenvalue weighted by molar-refractivity contribution is 5.76. The van der Waals surface area contributed by atoms with Gasteiger partial charge in [-0.05, 0) is 38.5 Å². The number of hydrogen-bond donors (Lipinski definition) is 12. The van der Waals surface area contributed by atoms with Gasteiger partial charge in [0, 0.05) is 6.42 Å². The first-order valence-electron chi connectivity index (χ1n) is 21.7. The third-order valence-corrected chi connectivity index (χ3v) is 10.9. The van der Waals surface area contributed by atoms with Crippen molar-refractivity contribution in [2.24, 2.45) is 0 Å².